The number of amides is 1. The van der Waals surface area contributed by atoms with Gasteiger partial charge in [-0.2, -0.15) is 4.31 Å². The lowest BCUT2D eigenvalue weighted by molar-refractivity contribution is -0.121. The first-order valence-electron chi connectivity index (χ1n) is 10.3. The Balaban J connectivity index is 1.45. The third-order valence-corrected chi connectivity index (χ3v) is 6.94. The van der Waals surface area contributed by atoms with E-state index in [-0.39, 0.29) is 36.1 Å². The standard InChI is InChI=1S/C22H26F2N2O4S/c23-18-9-10-21(20(24)15-18)30-13-5-8-22(27)25-16-17-6-4-7-19(14-17)31(28,29)26-11-2-1-3-12-26/h4,6-7,9-10,14-15H,1-3,5,8,11-13,16H2,(H,25,27). The molecule has 0 aliphatic carbocycles. The quantitative estimate of drug-likeness (QED) is 0.590. The molecule has 1 heterocycles. The predicted molar refractivity (Wildman–Crippen MR) is 112 cm³/mol. The van der Waals surface area contributed by atoms with Crippen LogP contribution in [0.15, 0.2) is 47.4 Å². The Kier molecular flexibility index (Phi) is 7.97. The molecule has 0 aromatic heterocycles. The Labute approximate surface area is 181 Å². The molecule has 1 amide bonds. The molecule has 1 aliphatic heterocycles. The molecule has 0 atom stereocenters. The summed E-state index contributed by atoms with van der Waals surface area (Å²) >= 11 is 0. The second-order valence-corrected chi connectivity index (χ2v) is 9.35. The summed E-state index contributed by atoms with van der Waals surface area (Å²) in [5.74, 6) is -1.76. The molecule has 1 N–H and O–H groups in total. The summed E-state index contributed by atoms with van der Waals surface area (Å²) in [5.41, 5.74) is 0.691. The lowest BCUT2D eigenvalue weighted by atomic mass is 10.2. The summed E-state index contributed by atoms with van der Waals surface area (Å²) in [4.78, 5) is 12.3. The molecule has 0 bridgehead atoms. The maximum atomic E-state index is 13.5. The highest BCUT2D eigenvalue weighted by molar-refractivity contribution is 7.89. The van der Waals surface area contributed by atoms with Crippen LogP contribution in [0.1, 0.15) is 37.7 Å². The van der Waals surface area contributed by atoms with Gasteiger partial charge >= 0.3 is 0 Å². The van der Waals surface area contributed by atoms with E-state index in [1.165, 1.54) is 10.4 Å². The molecular formula is C22H26F2N2O4S. The van der Waals surface area contributed by atoms with Crippen molar-refractivity contribution < 1.29 is 26.7 Å². The fourth-order valence-corrected chi connectivity index (χ4v) is 4.95. The minimum atomic E-state index is -3.52. The van der Waals surface area contributed by atoms with Crippen molar-refractivity contribution >= 4 is 15.9 Å². The number of carbonyl (C=O) groups is 1. The fraction of sp³-hybridized carbons (Fsp3) is 0.409. The number of hydrogen-bond donors (Lipinski definition) is 1. The van der Waals surface area contributed by atoms with Gasteiger partial charge in [0.1, 0.15) is 5.82 Å². The van der Waals surface area contributed by atoms with Crippen molar-refractivity contribution in [2.24, 2.45) is 0 Å². The largest absolute Gasteiger partial charge is 0.491 e. The third-order valence-electron chi connectivity index (χ3n) is 5.04. The van der Waals surface area contributed by atoms with E-state index in [0.29, 0.717) is 25.1 Å². The van der Waals surface area contributed by atoms with Gasteiger partial charge in [0.2, 0.25) is 15.9 Å². The molecule has 2 aromatic carbocycles. The van der Waals surface area contributed by atoms with Crippen LogP contribution in [-0.4, -0.2) is 38.3 Å². The molecule has 9 heteroatoms. The molecule has 168 valence electrons. The van der Waals surface area contributed by atoms with Crippen LogP contribution in [0.25, 0.3) is 0 Å². The van der Waals surface area contributed by atoms with Gasteiger partial charge in [-0.05, 0) is 49.1 Å². The van der Waals surface area contributed by atoms with Crippen molar-refractivity contribution in [3.63, 3.8) is 0 Å². The third kappa shape index (κ3) is 6.48. The topological polar surface area (TPSA) is 75.7 Å². The zero-order valence-corrected chi connectivity index (χ0v) is 18.0. The average Bonchev–Trinajstić information content (AvgIpc) is 2.77. The molecule has 0 spiro atoms. The maximum absolute atomic E-state index is 13.5. The summed E-state index contributed by atoms with van der Waals surface area (Å²) in [7, 11) is -3.52. The second kappa shape index (κ2) is 10.7. The Morgan fingerprint density at radius 2 is 1.84 bits per heavy atom. The van der Waals surface area contributed by atoms with Gasteiger partial charge in [-0.15, -0.1) is 0 Å². The van der Waals surface area contributed by atoms with Gasteiger partial charge in [0.25, 0.3) is 0 Å². The molecule has 1 aliphatic rings. The minimum absolute atomic E-state index is 0.0615. The number of rotatable bonds is 9. The summed E-state index contributed by atoms with van der Waals surface area (Å²) in [6, 6.07) is 9.63. The summed E-state index contributed by atoms with van der Waals surface area (Å²) < 4.78 is 58.7. The minimum Gasteiger partial charge on any atom is -0.491 e. The van der Waals surface area contributed by atoms with E-state index in [2.05, 4.69) is 5.32 Å². The lowest BCUT2D eigenvalue weighted by Crippen LogP contribution is -2.35. The van der Waals surface area contributed by atoms with E-state index in [1.54, 1.807) is 24.3 Å². The Hall–Kier alpha value is -2.52. The molecule has 0 unspecified atom stereocenters. The number of carbonyl (C=O) groups excluding carboxylic acids is 1. The highest BCUT2D eigenvalue weighted by Gasteiger charge is 2.25. The van der Waals surface area contributed by atoms with Gasteiger partial charge < -0.3 is 10.1 Å². The van der Waals surface area contributed by atoms with Crippen LogP contribution in [0.3, 0.4) is 0 Å². The summed E-state index contributed by atoms with van der Waals surface area (Å²) in [6.45, 7) is 1.38. The van der Waals surface area contributed by atoms with Crippen LogP contribution in [-0.2, 0) is 21.4 Å². The van der Waals surface area contributed by atoms with E-state index < -0.39 is 21.7 Å². The van der Waals surface area contributed by atoms with Crippen molar-refractivity contribution in [2.75, 3.05) is 19.7 Å². The highest BCUT2D eigenvalue weighted by Crippen LogP contribution is 2.21. The van der Waals surface area contributed by atoms with E-state index >= 15 is 0 Å². The van der Waals surface area contributed by atoms with Crippen LogP contribution in [0.5, 0.6) is 5.75 Å². The van der Waals surface area contributed by atoms with Crippen molar-refractivity contribution in [1.29, 1.82) is 0 Å². The molecule has 31 heavy (non-hydrogen) atoms. The number of halogens is 2. The van der Waals surface area contributed by atoms with Crippen molar-refractivity contribution in [3.05, 3.63) is 59.7 Å². The smallest absolute Gasteiger partial charge is 0.243 e. The van der Waals surface area contributed by atoms with Gasteiger partial charge in [-0.1, -0.05) is 18.6 Å². The first-order chi connectivity index (χ1) is 14.9. The summed E-state index contributed by atoms with van der Waals surface area (Å²) in [6.07, 6.45) is 3.29. The van der Waals surface area contributed by atoms with E-state index in [1.807, 2.05) is 0 Å². The molecule has 2 aromatic rings. The van der Waals surface area contributed by atoms with E-state index in [4.69, 9.17) is 4.74 Å². The molecule has 3 rings (SSSR count). The lowest BCUT2D eigenvalue weighted by Gasteiger charge is -2.26. The number of sulfonamides is 1. The molecule has 0 saturated carbocycles. The van der Waals surface area contributed by atoms with Crippen LogP contribution in [0.4, 0.5) is 8.78 Å². The molecule has 6 nitrogen and oxygen atoms in total. The monoisotopic (exact) mass is 452 g/mol. The average molecular weight is 453 g/mol. The zero-order chi connectivity index (χ0) is 22.3. The van der Waals surface area contributed by atoms with Gasteiger partial charge in [0, 0.05) is 32.1 Å². The molecule has 0 radical (unpaired) electrons. The first kappa shape index (κ1) is 23.1. The molecular weight excluding hydrogens is 426 g/mol. The predicted octanol–water partition coefficient (Wildman–Crippen LogP) is 3.61. The Bertz CT molecular complexity index is 1010. The SMILES string of the molecule is O=C(CCCOc1ccc(F)cc1F)NCc1cccc(S(=O)(=O)N2CCCCC2)c1. The fourth-order valence-electron chi connectivity index (χ4n) is 3.37. The number of nitrogens with zero attached hydrogens (tertiary/aromatic N) is 1. The van der Waals surface area contributed by atoms with Gasteiger partial charge in [-0.3, -0.25) is 4.79 Å². The van der Waals surface area contributed by atoms with Gasteiger partial charge in [0.05, 0.1) is 11.5 Å². The van der Waals surface area contributed by atoms with Crippen molar-refractivity contribution in [1.82, 2.24) is 9.62 Å². The zero-order valence-electron chi connectivity index (χ0n) is 17.1. The Morgan fingerprint density at radius 3 is 2.58 bits per heavy atom. The number of benzene rings is 2. The van der Waals surface area contributed by atoms with Crippen LogP contribution in [0.2, 0.25) is 0 Å². The molecule has 1 fully saturated rings. The Morgan fingerprint density at radius 1 is 1.06 bits per heavy atom. The first-order valence-corrected chi connectivity index (χ1v) is 11.7. The maximum Gasteiger partial charge on any atom is 0.243 e. The number of ether oxygens (including phenoxy) is 1. The normalized spacial score (nSPS) is 14.9. The highest BCUT2D eigenvalue weighted by atomic mass is 32.2. The van der Waals surface area contributed by atoms with Crippen molar-refractivity contribution in [3.8, 4) is 5.75 Å². The molecule has 1 saturated heterocycles. The van der Waals surface area contributed by atoms with E-state index in [0.717, 1.165) is 31.4 Å². The van der Waals surface area contributed by atoms with Gasteiger partial charge in [0.15, 0.2) is 11.6 Å². The van der Waals surface area contributed by atoms with Crippen LogP contribution < -0.4 is 10.1 Å². The number of nitrogens with one attached hydrogen (secondary N) is 1. The van der Waals surface area contributed by atoms with E-state index in [9.17, 15) is 22.0 Å². The van der Waals surface area contributed by atoms with Crippen LogP contribution >= 0.6 is 0 Å². The number of piperidine rings is 1. The summed E-state index contributed by atoms with van der Waals surface area (Å²) in [5, 5.41) is 2.75. The second-order valence-electron chi connectivity index (χ2n) is 7.42. The number of hydrogen-bond acceptors (Lipinski definition) is 4. The van der Waals surface area contributed by atoms with Gasteiger partial charge in [-0.25, -0.2) is 17.2 Å². The van der Waals surface area contributed by atoms with Crippen molar-refractivity contribution in [2.45, 2.75) is 43.5 Å². The van der Waals surface area contributed by atoms with Crippen LogP contribution in [0, 0.1) is 11.6 Å².